The minimum absolute atomic E-state index is 0.0125. The lowest BCUT2D eigenvalue weighted by molar-refractivity contribution is -0.0298. The van der Waals surface area contributed by atoms with E-state index in [4.69, 9.17) is 28.0 Å². The van der Waals surface area contributed by atoms with Gasteiger partial charge in [0.15, 0.2) is 0 Å². The van der Waals surface area contributed by atoms with Crippen LogP contribution in [-0.4, -0.2) is 53.8 Å². The van der Waals surface area contributed by atoms with Crippen molar-refractivity contribution in [3.63, 3.8) is 0 Å². The summed E-state index contributed by atoms with van der Waals surface area (Å²) in [4.78, 5) is 49.2. The van der Waals surface area contributed by atoms with Gasteiger partial charge in [0.2, 0.25) is 13.6 Å². The molecule has 202 valence electrons. The van der Waals surface area contributed by atoms with E-state index < -0.39 is 56.9 Å². The third kappa shape index (κ3) is 12.3. The number of halogens is 2. The normalized spacial score (nSPS) is 12.3. The van der Waals surface area contributed by atoms with Gasteiger partial charge < -0.3 is 18.9 Å². The summed E-state index contributed by atoms with van der Waals surface area (Å²) >= 11 is 5.18. The fraction of sp³-hybridized carbons (Fsp3) is 0.500. The van der Waals surface area contributed by atoms with Crippen LogP contribution >= 0.6 is 46.1 Å². The first-order valence-electron chi connectivity index (χ1n) is 10.4. The Bertz CT molecular complexity index is 1080. The number of hydrogen-bond donors (Lipinski definition) is 1. The lowest BCUT2D eigenvalue weighted by atomic mass is 10.3. The zero-order chi connectivity index (χ0) is 27.3. The second-order valence-corrected chi connectivity index (χ2v) is 10.9. The molecular weight excluding hydrogens is 682 g/mol. The SMILES string of the molecule is CC(C)OC(=O)OCOP(=O)(C/C=C/Cn1cc(/C(Br)=C\I)c(=O)[nH]c1=O)OCOC(=O)OC(C)C. The van der Waals surface area contributed by atoms with Gasteiger partial charge in [-0.25, -0.2) is 14.4 Å². The van der Waals surface area contributed by atoms with Crippen LogP contribution in [0.1, 0.15) is 33.3 Å². The van der Waals surface area contributed by atoms with Gasteiger partial charge in [-0.05, 0) is 47.7 Å². The zero-order valence-corrected chi connectivity index (χ0v) is 24.6. The van der Waals surface area contributed by atoms with Crippen molar-refractivity contribution in [2.75, 3.05) is 19.7 Å². The van der Waals surface area contributed by atoms with Crippen LogP contribution in [0.25, 0.3) is 4.48 Å². The van der Waals surface area contributed by atoms with Gasteiger partial charge in [0, 0.05) is 17.2 Å². The number of nitrogens with one attached hydrogen (secondary N) is 1. The van der Waals surface area contributed by atoms with Crippen LogP contribution in [-0.2, 0) is 39.1 Å². The molecule has 0 atom stereocenters. The fourth-order valence-corrected chi connectivity index (χ4v) is 3.91. The van der Waals surface area contributed by atoms with E-state index in [-0.39, 0.29) is 18.3 Å². The molecule has 16 heteroatoms. The minimum Gasteiger partial charge on any atom is -0.432 e. The van der Waals surface area contributed by atoms with Gasteiger partial charge in [-0.1, -0.05) is 34.7 Å². The molecule has 0 aromatic carbocycles. The van der Waals surface area contributed by atoms with E-state index in [1.165, 1.54) is 22.9 Å². The Balaban J connectivity index is 2.86. The molecular formula is C20H27BrIN2O11P. The number of carbonyl (C=O) groups is 2. The molecule has 1 heterocycles. The Labute approximate surface area is 228 Å². The fourth-order valence-electron chi connectivity index (χ4n) is 2.17. The molecule has 1 aromatic heterocycles. The highest BCUT2D eigenvalue weighted by atomic mass is 127. The molecule has 0 unspecified atom stereocenters. The Morgan fingerprint density at radius 1 is 1.06 bits per heavy atom. The molecule has 0 aliphatic heterocycles. The van der Waals surface area contributed by atoms with E-state index in [2.05, 4.69) is 20.9 Å². The molecule has 1 N–H and O–H groups in total. The zero-order valence-electron chi connectivity index (χ0n) is 19.9. The van der Waals surface area contributed by atoms with Gasteiger partial charge in [-0.15, -0.1) is 0 Å². The monoisotopic (exact) mass is 708 g/mol. The van der Waals surface area contributed by atoms with E-state index in [1.807, 2.05) is 22.6 Å². The molecule has 0 fully saturated rings. The van der Waals surface area contributed by atoms with Crippen molar-refractivity contribution in [1.82, 2.24) is 9.55 Å². The van der Waals surface area contributed by atoms with Gasteiger partial charge >= 0.3 is 25.6 Å². The Morgan fingerprint density at radius 2 is 1.58 bits per heavy atom. The average molecular weight is 709 g/mol. The number of allylic oxidation sites excluding steroid dienone is 2. The molecule has 36 heavy (non-hydrogen) atoms. The van der Waals surface area contributed by atoms with Crippen LogP contribution in [0.15, 0.2) is 32.0 Å². The number of ether oxygens (including phenoxy) is 4. The largest absolute Gasteiger partial charge is 0.510 e. The van der Waals surface area contributed by atoms with Crippen LogP contribution in [0, 0.1) is 0 Å². The average Bonchev–Trinajstić information content (AvgIpc) is 2.76. The summed E-state index contributed by atoms with van der Waals surface area (Å²) in [5, 5.41) is 0. The second-order valence-electron chi connectivity index (χ2n) is 7.29. The van der Waals surface area contributed by atoms with E-state index in [0.717, 1.165) is 0 Å². The Hall–Kier alpha value is -1.94. The van der Waals surface area contributed by atoms with Crippen molar-refractivity contribution < 1.29 is 42.1 Å². The standard InChI is InChI=1S/C20H27BrIN2O11P/c1-13(2)34-19(27)30-11-32-36(29,33-12-31-20(28)35-14(3)4)8-6-5-7-24-10-15(16(21)9-22)17(25)23-18(24)26/h5-6,9-10,13-14H,7-8,11-12H2,1-4H3,(H,23,25,26)/b6-5+,16-9+. The van der Waals surface area contributed by atoms with Crippen molar-refractivity contribution in [3.05, 3.63) is 48.8 Å². The van der Waals surface area contributed by atoms with E-state index in [1.54, 1.807) is 31.8 Å². The quantitative estimate of drug-likeness (QED) is 0.101. The van der Waals surface area contributed by atoms with Gasteiger partial charge in [0.25, 0.3) is 5.56 Å². The number of aromatic nitrogens is 2. The lowest BCUT2D eigenvalue weighted by Crippen LogP contribution is -2.30. The number of hydrogen-bond acceptors (Lipinski definition) is 11. The van der Waals surface area contributed by atoms with Crippen molar-refractivity contribution >= 4 is 62.9 Å². The van der Waals surface area contributed by atoms with Crippen molar-refractivity contribution in [1.29, 1.82) is 0 Å². The summed E-state index contributed by atoms with van der Waals surface area (Å²) in [6.45, 7) is 4.95. The topological polar surface area (TPSA) is 161 Å². The predicted molar refractivity (Wildman–Crippen MR) is 141 cm³/mol. The maximum Gasteiger partial charge on any atom is 0.510 e. The van der Waals surface area contributed by atoms with Crippen LogP contribution in [0.2, 0.25) is 0 Å². The summed E-state index contributed by atoms with van der Waals surface area (Å²) in [6.07, 6.45) is 0.946. The predicted octanol–water partition coefficient (Wildman–Crippen LogP) is 4.49. The smallest absolute Gasteiger partial charge is 0.432 e. The highest BCUT2D eigenvalue weighted by Crippen LogP contribution is 2.48. The van der Waals surface area contributed by atoms with Crippen LogP contribution < -0.4 is 11.2 Å². The summed E-state index contributed by atoms with van der Waals surface area (Å²) in [6, 6.07) is 0. The first kappa shape index (κ1) is 32.1. The van der Waals surface area contributed by atoms with Crippen LogP contribution in [0.4, 0.5) is 9.59 Å². The van der Waals surface area contributed by atoms with Crippen molar-refractivity contribution in [2.24, 2.45) is 0 Å². The molecule has 0 amide bonds. The number of carbonyl (C=O) groups excluding carboxylic acids is 2. The third-order valence-corrected chi connectivity index (χ3v) is 7.47. The third-order valence-electron chi connectivity index (χ3n) is 3.68. The van der Waals surface area contributed by atoms with Gasteiger partial charge in [0.1, 0.15) is 0 Å². The lowest BCUT2D eigenvalue weighted by Gasteiger charge is -2.17. The number of nitrogens with zero attached hydrogens (tertiary/aromatic N) is 1. The molecule has 0 radical (unpaired) electrons. The molecule has 0 spiro atoms. The Morgan fingerprint density at radius 3 is 2.06 bits per heavy atom. The maximum absolute atomic E-state index is 13.0. The molecule has 0 saturated carbocycles. The summed E-state index contributed by atoms with van der Waals surface area (Å²) in [5.74, 6) is 0. The highest BCUT2D eigenvalue weighted by Gasteiger charge is 2.25. The molecule has 1 rings (SSSR count). The minimum atomic E-state index is -3.99. The summed E-state index contributed by atoms with van der Waals surface area (Å²) < 4.78 is 45.5. The first-order chi connectivity index (χ1) is 16.9. The molecule has 0 aliphatic carbocycles. The molecule has 0 aliphatic rings. The van der Waals surface area contributed by atoms with E-state index in [9.17, 15) is 23.7 Å². The van der Waals surface area contributed by atoms with Crippen LogP contribution in [0.3, 0.4) is 0 Å². The van der Waals surface area contributed by atoms with Crippen LogP contribution in [0.5, 0.6) is 0 Å². The second kappa shape index (κ2) is 16.0. The van der Waals surface area contributed by atoms with Crippen molar-refractivity contribution in [2.45, 2.75) is 46.4 Å². The maximum atomic E-state index is 13.0. The molecule has 13 nitrogen and oxygen atoms in total. The molecule has 0 saturated heterocycles. The van der Waals surface area contributed by atoms with Gasteiger partial charge in [-0.3, -0.25) is 28.0 Å². The highest BCUT2D eigenvalue weighted by molar-refractivity contribution is 14.1. The van der Waals surface area contributed by atoms with Crippen molar-refractivity contribution in [3.8, 4) is 0 Å². The summed E-state index contributed by atoms with van der Waals surface area (Å²) in [7, 11) is -3.99. The van der Waals surface area contributed by atoms with Gasteiger partial charge in [-0.2, -0.15) is 0 Å². The number of aromatic amines is 1. The van der Waals surface area contributed by atoms with E-state index in [0.29, 0.717) is 4.48 Å². The number of H-pyrrole nitrogens is 1. The number of rotatable bonds is 13. The van der Waals surface area contributed by atoms with Gasteiger partial charge in [0.05, 0.1) is 23.9 Å². The summed E-state index contributed by atoms with van der Waals surface area (Å²) in [5.41, 5.74) is -0.962. The molecule has 0 bridgehead atoms. The first-order valence-corrected chi connectivity index (χ1v) is 14.1. The Kier molecular flexibility index (Phi) is 14.3. The molecule has 1 aromatic rings. The van der Waals surface area contributed by atoms with E-state index >= 15 is 0 Å².